The molecule has 0 heterocycles. The van der Waals surface area contributed by atoms with Gasteiger partial charge in [-0.3, -0.25) is 4.79 Å². The van der Waals surface area contributed by atoms with Gasteiger partial charge >= 0.3 is 0 Å². The van der Waals surface area contributed by atoms with E-state index in [2.05, 4.69) is 11.4 Å². The molecule has 2 rings (SSSR count). The Morgan fingerprint density at radius 2 is 1.74 bits per heavy atom. The zero-order valence-corrected chi connectivity index (χ0v) is 11.9. The Labute approximate surface area is 116 Å². The zero-order valence-electron chi connectivity index (χ0n) is 11.9. The first-order chi connectivity index (χ1) is 9.24. The van der Waals surface area contributed by atoms with Gasteiger partial charge in [0.05, 0.1) is 6.07 Å². The topological polar surface area (TPSA) is 52.9 Å². The molecule has 2 aliphatic rings. The Bertz CT molecular complexity index is 331. The van der Waals surface area contributed by atoms with Gasteiger partial charge < -0.3 is 5.32 Å². The van der Waals surface area contributed by atoms with Crippen LogP contribution in [0.2, 0.25) is 0 Å². The molecular formula is C16H26N2O. The molecule has 2 fully saturated rings. The summed E-state index contributed by atoms with van der Waals surface area (Å²) in [6.45, 7) is 0. The van der Waals surface area contributed by atoms with Crippen LogP contribution in [0.25, 0.3) is 0 Å². The van der Waals surface area contributed by atoms with E-state index in [1.54, 1.807) is 0 Å². The number of amides is 1. The van der Waals surface area contributed by atoms with E-state index in [4.69, 9.17) is 0 Å². The van der Waals surface area contributed by atoms with Crippen molar-refractivity contribution in [3.05, 3.63) is 0 Å². The first-order valence-corrected chi connectivity index (χ1v) is 7.96. The minimum absolute atomic E-state index is 0.0929. The fraction of sp³-hybridized carbons (Fsp3) is 0.875. The Hall–Kier alpha value is -1.04. The number of hydrogen-bond acceptors (Lipinski definition) is 2. The molecule has 0 unspecified atom stereocenters. The predicted octanol–water partition coefficient (Wildman–Crippen LogP) is 3.69. The molecule has 2 saturated carbocycles. The molecule has 1 N–H and O–H groups in total. The third-order valence-corrected chi connectivity index (χ3v) is 4.80. The molecular weight excluding hydrogens is 236 g/mol. The van der Waals surface area contributed by atoms with Crippen LogP contribution in [0.5, 0.6) is 0 Å². The van der Waals surface area contributed by atoms with Gasteiger partial charge in [-0.05, 0) is 25.2 Å². The van der Waals surface area contributed by atoms with Crippen molar-refractivity contribution in [1.82, 2.24) is 5.32 Å². The first-order valence-electron chi connectivity index (χ1n) is 7.96. The number of rotatable bonds is 4. The van der Waals surface area contributed by atoms with Gasteiger partial charge in [-0.1, -0.05) is 51.4 Å². The van der Waals surface area contributed by atoms with Crippen molar-refractivity contribution in [2.75, 3.05) is 0 Å². The van der Waals surface area contributed by atoms with E-state index in [1.165, 1.54) is 38.5 Å². The summed E-state index contributed by atoms with van der Waals surface area (Å²) < 4.78 is 0. The Morgan fingerprint density at radius 1 is 1.11 bits per heavy atom. The third-order valence-electron chi connectivity index (χ3n) is 4.80. The Morgan fingerprint density at radius 3 is 2.32 bits per heavy atom. The molecule has 0 radical (unpaired) electrons. The maximum absolute atomic E-state index is 12.1. The van der Waals surface area contributed by atoms with E-state index in [9.17, 15) is 10.1 Å². The van der Waals surface area contributed by atoms with Gasteiger partial charge in [0.15, 0.2) is 0 Å². The van der Waals surface area contributed by atoms with Crippen molar-refractivity contribution in [3.63, 3.8) is 0 Å². The van der Waals surface area contributed by atoms with E-state index >= 15 is 0 Å². The lowest BCUT2D eigenvalue weighted by Crippen LogP contribution is -2.47. The third kappa shape index (κ3) is 4.23. The smallest absolute Gasteiger partial charge is 0.221 e. The average molecular weight is 262 g/mol. The van der Waals surface area contributed by atoms with Crippen LogP contribution >= 0.6 is 0 Å². The van der Waals surface area contributed by atoms with E-state index in [0.717, 1.165) is 38.0 Å². The summed E-state index contributed by atoms with van der Waals surface area (Å²) in [5.74, 6) is 0.841. The summed E-state index contributed by atoms with van der Waals surface area (Å²) >= 11 is 0. The summed E-state index contributed by atoms with van der Waals surface area (Å²) in [7, 11) is 0. The van der Waals surface area contributed by atoms with Gasteiger partial charge in [-0.15, -0.1) is 0 Å². The second-order valence-electron chi connectivity index (χ2n) is 6.35. The van der Waals surface area contributed by atoms with Crippen LogP contribution < -0.4 is 5.32 Å². The minimum Gasteiger partial charge on any atom is -0.338 e. The Kier molecular flexibility index (Phi) is 5.24. The molecule has 0 saturated heterocycles. The van der Waals surface area contributed by atoms with Crippen molar-refractivity contribution < 1.29 is 4.79 Å². The SMILES string of the molecule is N#CC1(NC(=O)CCC2CCCC2)CCCCCC1. The van der Waals surface area contributed by atoms with Crippen LogP contribution in [0.15, 0.2) is 0 Å². The lowest BCUT2D eigenvalue weighted by Gasteiger charge is -2.26. The van der Waals surface area contributed by atoms with Crippen LogP contribution in [0, 0.1) is 17.2 Å². The summed E-state index contributed by atoms with van der Waals surface area (Å²) in [5.41, 5.74) is -0.566. The molecule has 19 heavy (non-hydrogen) atoms. The molecule has 0 aromatic carbocycles. The van der Waals surface area contributed by atoms with Crippen LogP contribution in [0.1, 0.15) is 77.0 Å². The predicted molar refractivity (Wildman–Crippen MR) is 75.4 cm³/mol. The van der Waals surface area contributed by atoms with Crippen molar-refractivity contribution in [2.24, 2.45) is 5.92 Å². The van der Waals surface area contributed by atoms with Crippen LogP contribution in [-0.4, -0.2) is 11.4 Å². The number of nitrogens with one attached hydrogen (secondary N) is 1. The largest absolute Gasteiger partial charge is 0.338 e. The lowest BCUT2D eigenvalue weighted by atomic mass is 9.91. The molecule has 0 aromatic rings. The first kappa shape index (κ1) is 14.4. The molecule has 0 spiro atoms. The van der Waals surface area contributed by atoms with Gasteiger partial charge in [-0.25, -0.2) is 0 Å². The number of carbonyl (C=O) groups excluding carboxylic acids is 1. The van der Waals surface area contributed by atoms with Gasteiger partial charge in [0.2, 0.25) is 5.91 Å². The van der Waals surface area contributed by atoms with Crippen molar-refractivity contribution in [3.8, 4) is 6.07 Å². The summed E-state index contributed by atoms with van der Waals surface area (Å²) in [5, 5.41) is 12.5. The highest BCUT2D eigenvalue weighted by Gasteiger charge is 2.32. The molecule has 3 nitrogen and oxygen atoms in total. The van der Waals surface area contributed by atoms with Crippen molar-refractivity contribution in [2.45, 2.75) is 82.6 Å². The summed E-state index contributed by atoms with van der Waals surface area (Å²) in [6, 6.07) is 2.38. The van der Waals surface area contributed by atoms with E-state index in [1.807, 2.05) is 0 Å². The summed E-state index contributed by atoms with van der Waals surface area (Å²) in [6.07, 6.45) is 13.0. The summed E-state index contributed by atoms with van der Waals surface area (Å²) in [4.78, 5) is 12.1. The molecule has 2 aliphatic carbocycles. The zero-order chi connectivity index (χ0) is 13.6. The highest BCUT2D eigenvalue weighted by Crippen LogP contribution is 2.29. The normalized spacial score (nSPS) is 23.5. The highest BCUT2D eigenvalue weighted by molar-refractivity contribution is 5.77. The fourth-order valence-electron chi connectivity index (χ4n) is 3.56. The molecule has 3 heteroatoms. The van der Waals surface area contributed by atoms with Gasteiger partial charge in [-0.2, -0.15) is 5.26 Å². The lowest BCUT2D eigenvalue weighted by molar-refractivity contribution is -0.122. The molecule has 106 valence electrons. The molecule has 0 bridgehead atoms. The van der Waals surface area contributed by atoms with Crippen molar-refractivity contribution >= 4 is 5.91 Å². The number of nitriles is 1. The fourth-order valence-corrected chi connectivity index (χ4v) is 3.56. The maximum atomic E-state index is 12.1. The Balaban J connectivity index is 1.79. The molecule has 1 amide bonds. The standard InChI is InChI=1S/C16H26N2O/c17-13-16(11-5-1-2-6-12-16)18-15(19)10-9-14-7-3-4-8-14/h14H,1-12H2,(H,18,19). The maximum Gasteiger partial charge on any atom is 0.221 e. The minimum atomic E-state index is -0.566. The van der Waals surface area contributed by atoms with E-state index in [0.29, 0.717) is 6.42 Å². The number of hydrogen-bond donors (Lipinski definition) is 1. The molecule has 0 atom stereocenters. The van der Waals surface area contributed by atoms with E-state index < -0.39 is 5.54 Å². The van der Waals surface area contributed by atoms with Gasteiger partial charge in [0, 0.05) is 6.42 Å². The second-order valence-corrected chi connectivity index (χ2v) is 6.35. The number of carbonyl (C=O) groups is 1. The van der Waals surface area contributed by atoms with Gasteiger partial charge in [0.25, 0.3) is 0 Å². The highest BCUT2D eigenvalue weighted by atomic mass is 16.1. The molecule has 0 aliphatic heterocycles. The second kappa shape index (κ2) is 6.93. The van der Waals surface area contributed by atoms with Crippen LogP contribution in [-0.2, 0) is 4.79 Å². The average Bonchev–Trinajstić information content (AvgIpc) is 2.83. The van der Waals surface area contributed by atoms with Gasteiger partial charge in [0.1, 0.15) is 5.54 Å². The quantitative estimate of drug-likeness (QED) is 0.786. The monoisotopic (exact) mass is 262 g/mol. The van der Waals surface area contributed by atoms with Crippen molar-refractivity contribution in [1.29, 1.82) is 5.26 Å². The van der Waals surface area contributed by atoms with Crippen LogP contribution in [0.3, 0.4) is 0 Å². The molecule has 0 aromatic heterocycles. The van der Waals surface area contributed by atoms with E-state index in [-0.39, 0.29) is 5.91 Å². The van der Waals surface area contributed by atoms with Crippen LogP contribution in [0.4, 0.5) is 0 Å². The number of nitrogens with zero attached hydrogens (tertiary/aromatic N) is 1.